The van der Waals surface area contributed by atoms with Crippen LogP contribution in [0, 0.1) is 0 Å². The van der Waals surface area contributed by atoms with Crippen molar-refractivity contribution in [3.63, 3.8) is 0 Å². The Labute approximate surface area is 143 Å². The molecule has 0 spiro atoms. The van der Waals surface area contributed by atoms with Gasteiger partial charge >= 0.3 is 6.09 Å². The molecule has 126 valence electrons. The summed E-state index contributed by atoms with van der Waals surface area (Å²) in [6.45, 7) is 0.557. The van der Waals surface area contributed by atoms with Crippen molar-refractivity contribution in [2.75, 3.05) is 6.54 Å². The van der Waals surface area contributed by atoms with Gasteiger partial charge in [-0.2, -0.15) is 0 Å². The molecule has 1 aliphatic heterocycles. The Hall–Kier alpha value is -3.35. The van der Waals surface area contributed by atoms with Gasteiger partial charge in [0.15, 0.2) is 5.58 Å². The predicted octanol–water partition coefficient (Wildman–Crippen LogP) is 2.22. The van der Waals surface area contributed by atoms with E-state index in [1.54, 1.807) is 0 Å². The highest BCUT2D eigenvalue weighted by atomic mass is 16.5. The standard InChI is InChI=1S/C18H15N3O4/c22-16-14(9-19-16)21-18(23)24-10-11-5-7-12(8-6-11)17-20-13-3-1-2-4-15(13)25-17/h1-8,14H,9-10H2,(H,19,22)(H,21,23)/t14-/m0/s1. The first-order valence-electron chi connectivity index (χ1n) is 7.85. The maximum Gasteiger partial charge on any atom is 0.408 e. The Morgan fingerprint density at radius 3 is 2.72 bits per heavy atom. The highest BCUT2D eigenvalue weighted by Gasteiger charge is 2.29. The van der Waals surface area contributed by atoms with Crippen LogP contribution >= 0.6 is 0 Å². The molecule has 0 radical (unpaired) electrons. The number of nitrogens with zero attached hydrogens (tertiary/aromatic N) is 1. The number of oxazole rings is 1. The molecule has 7 heteroatoms. The Morgan fingerprint density at radius 1 is 1.24 bits per heavy atom. The van der Waals surface area contributed by atoms with Crippen LogP contribution in [0.15, 0.2) is 52.9 Å². The molecule has 25 heavy (non-hydrogen) atoms. The summed E-state index contributed by atoms with van der Waals surface area (Å²) in [5, 5.41) is 5.04. The van der Waals surface area contributed by atoms with Crippen LogP contribution in [0.4, 0.5) is 4.79 Å². The fourth-order valence-electron chi connectivity index (χ4n) is 2.48. The van der Waals surface area contributed by atoms with E-state index in [1.807, 2.05) is 48.5 Å². The largest absolute Gasteiger partial charge is 0.445 e. The summed E-state index contributed by atoms with van der Waals surface area (Å²) in [5.41, 5.74) is 3.21. The monoisotopic (exact) mass is 337 g/mol. The fraction of sp³-hybridized carbons (Fsp3) is 0.167. The predicted molar refractivity (Wildman–Crippen MR) is 89.6 cm³/mol. The maximum absolute atomic E-state index is 11.6. The minimum absolute atomic E-state index is 0.119. The number of nitrogens with one attached hydrogen (secondary N) is 2. The third-order valence-electron chi connectivity index (χ3n) is 3.95. The molecule has 2 heterocycles. The fourth-order valence-corrected chi connectivity index (χ4v) is 2.48. The van der Waals surface area contributed by atoms with Crippen LogP contribution in [0.25, 0.3) is 22.6 Å². The molecule has 0 saturated carbocycles. The van der Waals surface area contributed by atoms with E-state index in [9.17, 15) is 9.59 Å². The summed E-state index contributed by atoms with van der Waals surface area (Å²) in [4.78, 5) is 27.1. The zero-order valence-electron chi connectivity index (χ0n) is 13.2. The van der Waals surface area contributed by atoms with Gasteiger partial charge in [-0.3, -0.25) is 4.79 Å². The molecule has 2 N–H and O–H groups in total. The van der Waals surface area contributed by atoms with Gasteiger partial charge in [-0.25, -0.2) is 9.78 Å². The molecule has 1 atom stereocenters. The lowest BCUT2D eigenvalue weighted by Gasteiger charge is -2.26. The Balaban J connectivity index is 1.38. The maximum atomic E-state index is 11.6. The normalized spacial score (nSPS) is 16.2. The number of hydrogen-bond donors (Lipinski definition) is 2. The number of ether oxygens (including phenoxy) is 1. The molecular weight excluding hydrogens is 322 g/mol. The Bertz CT molecular complexity index is 900. The number of carbonyl (C=O) groups excluding carboxylic acids is 2. The van der Waals surface area contributed by atoms with Gasteiger partial charge in [-0.1, -0.05) is 24.3 Å². The highest BCUT2D eigenvalue weighted by Crippen LogP contribution is 2.24. The smallest absolute Gasteiger partial charge is 0.408 e. The lowest BCUT2D eigenvalue weighted by atomic mass is 10.1. The average Bonchev–Trinajstić information content (AvgIpc) is 3.08. The van der Waals surface area contributed by atoms with Crippen molar-refractivity contribution in [3.8, 4) is 11.5 Å². The van der Waals surface area contributed by atoms with Crippen LogP contribution in [-0.2, 0) is 16.1 Å². The van der Waals surface area contributed by atoms with E-state index in [2.05, 4.69) is 15.6 Å². The molecule has 0 bridgehead atoms. The van der Waals surface area contributed by atoms with Crippen molar-refractivity contribution >= 4 is 23.1 Å². The van der Waals surface area contributed by atoms with E-state index in [4.69, 9.17) is 9.15 Å². The number of benzene rings is 2. The quantitative estimate of drug-likeness (QED) is 0.712. The molecule has 1 fully saturated rings. The number of rotatable bonds is 4. The van der Waals surface area contributed by atoms with Crippen molar-refractivity contribution in [1.29, 1.82) is 0 Å². The van der Waals surface area contributed by atoms with Crippen LogP contribution in [0.1, 0.15) is 5.56 Å². The molecule has 1 aliphatic rings. The summed E-state index contributed by atoms with van der Waals surface area (Å²) in [6.07, 6.45) is -0.608. The van der Waals surface area contributed by atoms with Crippen molar-refractivity contribution in [3.05, 3.63) is 54.1 Å². The molecule has 0 aliphatic carbocycles. The van der Waals surface area contributed by atoms with E-state index >= 15 is 0 Å². The van der Waals surface area contributed by atoms with Gasteiger partial charge in [0.1, 0.15) is 18.2 Å². The summed E-state index contributed by atoms with van der Waals surface area (Å²) in [7, 11) is 0. The van der Waals surface area contributed by atoms with Crippen molar-refractivity contribution < 1.29 is 18.7 Å². The highest BCUT2D eigenvalue weighted by molar-refractivity contribution is 5.90. The van der Waals surface area contributed by atoms with E-state index < -0.39 is 12.1 Å². The number of carbonyl (C=O) groups is 2. The van der Waals surface area contributed by atoms with Crippen LogP contribution in [0.3, 0.4) is 0 Å². The number of hydrogen-bond acceptors (Lipinski definition) is 5. The topological polar surface area (TPSA) is 93.5 Å². The number of alkyl carbamates (subject to hydrolysis) is 1. The van der Waals surface area contributed by atoms with Crippen LogP contribution < -0.4 is 10.6 Å². The van der Waals surface area contributed by atoms with E-state index in [-0.39, 0.29) is 12.5 Å². The van der Waals surface area contributed by atoms with Gasteiger partial charge in [0.05, 0.1) is 0 Å². The van der Waals surface area contributed by atoms with Crippen LogP contribution in [0.2, 0.25) is 0 Å². The molecule has 2 amide bonds. The number of amides is 2. The van der Waals surface area contributed by atoms with Gasteiger partial charge < -0.3 is 19.8 Å². The van der Waals surface area contributed by atoms with Gasteiger partial charge in [-0.15, -0.1) is 0 Å². The zero-order chi connectivity index (χ0) is 17.2. The van der Waals surface area contributed by atoms with Gasteiger partial charge in [-0.05, 0) is 29.8 Å². The summed E-state index contributed by atoms with van der Waals surface area (Å²) < 4.78 is 10.8. The minimum Gasteiger partial charge on any atom is -0.445 e. The van der Waals surface area contributed by atoms with Crippen LogP contribution in [0.5, 0.6) is 0 Å². The first kappa shape index (κ1) is 15.2. The SMILES string of the molecule is O=C(N[C@H]1CNC1=O)OCc1ccc(-c2nc3ccccc3o2)cc1. The lowest BCUT2D eigenvalue weighted by Crippen LogP contribution is -2.61. The first-order valence-corrected chi connectivity index (χ1v) is 7.85. The third kappa shape index (κ3) is 3.16. The molecule has 3 aromatic rings. The zero-order valence-corrected chi connectivity index (χ0v) is 13.2. The van der Waals surface area contributed by atoms with Crippen molar-refractivity contribution in [2.24, 2.45) is 0 Å². The first-order chi connectivity index (χ1) is 12.2. The molecular formula is C18H15N3O4. The van der Waals surface area contributed by atoms with Gasteiger partial charge in [0.2, 0.25) is 11.8 Å². The van der Waals surface area contributed by atoms with E-state index in [0.29, 0.717) is 12.4 Å². The van der Waals surface area contributed by atoms with Crippen LogP contribution in [-0.4, -0.2) is 29.6 Å². The molecule has 4 rings (SSSR count). The molecule has 2 aromatic carbocycles. The van der Waals surface area contributed by atoms with Crippen molar-refractivity contribution in [2.45, 2.75) is 12.6 Å². The third-order valence-corrected chi connectivity index (χ3v) is 3.95. The Kier molecular flexibility index (Phi) is 3.81. The van der Waals surface area contributed by atoms with Gasteiger partial charge in [0.25, 0.3) is 0 Å². The number of para-hydroxylation sites is 2. The number of aromatic nitrogens is 1. The second kappa shape index (κ2) is 6.27. The van der Waals surface area contributed by atoms with E-state index in [0.717, 1.165) is 22.2 Å². The Morgan fingerprint density at radius 2 is 2.04 bits per heavy atom. The van der Waals surface area contributed by atoms with Crippen molar-refractivity contribution in [1.82, 2.24) is 15.6 Å². The number of β-lactam (4-membered cyclic amide) rings is 1. The lowest BCUT2D eigenvalue weighted by molar-refractivity contribution is -0.128. The van der Waals surface area contributed by atoms with Gasteiger partial charge in [0, 0.05) is 12.1 Å². The average molecular weight is 337 g/mol. The second-order valence-electron chi connectivity index (χ2n) is 5.70. The summed E-state index contributed by atoms with van der Waals surface area (Å²) in [6, 6.07) is 14.5. The van der Waals surface area contributed by atoms with E-state index in [1.165, 1.54) is 0 Å². The number of fused-ring (bicyclic) bond motifs is 1. The molecule has 0 unspecified atom stereocenters. The molecule has 7 nitrogen and oxygen atoms in total. The second-order valence-corrected chi connectivity index (χ2v) is 5.70. The molecule has 1 saturated heterocycles. The summed E-state index contributed by atoms with van der Waals surface area (Å²) in [5.74, 6) is 0.349. The molecule has 1 aromatic heterocycles. The minimum atomic E-state index is -0.608. The summed E-state index contributed by atoms with van der Waals surface area (Å²) >= 11 is 0.